The minimum atomic E-state index is -0.802. The number of thioether (sulfide) groups is 1. The molecule has 0 fully saturated rings. The van der Waals surface area contributed by atoms with Crippen molar-refractivity contribution in [1.29, 1.82) is 0 Å². The molecule has 36 heavy (non-hydrogen) atoms. The highest BCUT2D eigenvalue weighted by molar-refractivity contribution is 8.14. The molecule has 2 aliphatic heterocycles. The summed E-state index contributed by atoms with van der Waals surface area (Å²) < 4.78 is 11.2. The van der Waals surface area contributed by atoms with Crippen LogP contribution in [0.15, 0.2) is 71.0 Å². The van der Waals surface area contributed by atoms with E-state index in [1.165, 1.54) is 21.7 Å². The maximum Gasteiger partial charge on any atom is 0.323 e. The van der Waals surface area contributed by atoms with Crippen molar-refractivity contribution in [3.8, 4) is 11.5 Å². The van der Waals surface area contributed by atoms with Crippen LogP contribution in [0.2, 0.25) is 0 Å². The Morgan fingerprint density at radius 2 is 2.00 bits per heavy atom. The van der Waals surface area contributed by atoms with Gasteiger partial charge in [-0.15, -0.1) is 0 Å². The number of amides is 3. The molecule has 2 aromatic rings. The second-order valence-electron chi connectivity index (χ2n) is 7.95. The van der Waals surface area contributed by atoms with Crippen LogP contribution in [0.25, 0.3) is 0 Å². The quantitative estimate of drug-likeness (QED) is 0.542. The molecule has 2 unspecified atom stereocenters. The fraction of sp³-hybridized carbons (Fsp3) is 0.308. The number of carbonyl (C=O) groups excluding carboxylic acids is 2. The van der Waals surface area contributed by atoms with E-state index in [9.17, 15) is 9.59 Å². The molecule has 2 atom stereocenters. The molecule has 0 aliphatic carbocycles. The SMILES string of the molecule is CCOc1ccc(C2=NN(C(NC(=O)N3C=CN=CC3)c3ccccc3)C(=O)SC2CC)cc1OC. The number of ether oxygens (including phenoxy) is 2. The van der Waals surface area contributed by atoms with Gasteiger partial charge in [0.25, 0.3) is 0 Å². The number of hydrazone groups is 1. The molecule has 4 rings (SSSR count). The van der Waals surface area contributed by atoms with Gasteiger partial charge in [-0.25, -0.2) is 4.79 Å². The Labute approximate surface area is 214 Å². The van der Waals surface area contributed by atoms with Crippen LogP contribution in [0.3, 0.4) is 0 Å². The topological polar surface area (TPSA) is 95.8 Å². The second kappa shape index (κ2) is 11.8. The van der Waals surface area contributed by atoms with E-state index < -0.39 is 6.17 Å². The van der Waals surface area contributed by atoms with Gasteiger partial charge in [0.2, 0.25) is 0 Å². The number of nitrogens with zero attached hydrogens (tertiary/aromatic N) is 4. The Morgan fingerprint density at radius 3 is 2.67 bits per heavy atom. The molecule has 3 amide bonds. The molecule has 0 saturated carbocycles. The number of urea groups is 1. The molecule has 0 bridgehead atoms. The Kier molecular flexibility index (Phi) is 8.27. The number of hydrogen-bond acceptors (Lipinski definition) is 7. The van der Waals surface area contributed by atoms with Gasteiger partial charge in [-0.1, -0.05) is 49.0 Å². The fourth-order valence-electron chi connectivity index (χ4n) is 3.89. The van der Waals surface area contributed by atoms with Gasteiger partial charge in [-0.2, -0.15) is 10.1 Å². The Hall–Kier alpha value is -3.79. The molecule has 9 nitrogen and oxygen atoms in total. The monoisotopic (exact) mass is 507 g/mol. The first-order chi connectivity index (χ1) is 17.5. The largest absolute Gasteiger partial charge is 0.493 e. The molecule has 2 heterocycles. The smallest absolute Gasteiger partial charge is 0.323 e. The van der Waals surface area contributed by atoms with E-state index >= 15 is 0 Å². The van der Waals surface area contributed by atoms with Crippen LogP contribution in [0, 0.1) is 0 Å². The first kappa shape index (κ1) is 25.3. The van der Waals surface area contributed by atoms with E-state index in [4.69, 9.17) is 14.6 Å². The summed E-state index contributed by atoms with van der Waals surface area (Å²) in [6.07, 6.45) is 4.69. The third-order valence-corrected chi connectivity index (χ3v) is 6.91. The van der Waals surface area contributed by atoms with Gasteiger partial charge in [0.1, 0.15) is 0 Å². The molecule has 0 spiro atoms. The zero-order valence-electron chi connectivity index (χ0n) is 20.5. The summed E-state index contributed by atoms with van der Waals surface area (Å²) in [4.78, 5) is 31.9. The fourth-order valence-corrected chi connectivity index (χ4v) is 4.84. The highest BCUT2D eigenvalue weighted by atomic mass is 32.2. The molecule has 1 N–H and O–H groups in total. The number of aliphatic imine (C=N–C) groups is 1. The lowest BCUT2D eigenvalue weighted by molar-refractivity contribution is 0.174. The van der Waals surface area contributed by atoms with Crippen LogP contribution >= 0.6 is 11.8 Å². The number of hydrogen-bond donors (Lipinski definition) is 1. The molecule has 2 aromatic carbocycles. The van der Waals surface area contributed by atoms with Gasteiger partial charge < -0.3 is 14.8 Å². The van der Waals surface area contributed by atoms with Crippen LogP contribution in [-0.4, -0.2) is 58.6 Å². The summed E-state index contributed by atoms with van der Waals surface area (Å²) in [6.45, 7) is 4.78. The summed E-state index contributed by atoms with van der Waals surface area (Å²) >= 11 is 1.20. The van der Waals surface area contributed by atoms with Crippen molar-refractivity contribution in [3.63, 3.8) is 0 Å². The van der Waals surface area contributed by atoms with Crippen molar-refractivity contribution < 1.29 is 19.1 Å². The molecule has 2 aliphatic rings. The summed E-state index contributed by atoms with van der Waals surface area (Å²) in [5.41, 5.74) is 2.28. The molecular weight excluding hydrogens is 478 g/mol. The normalized spacial score (nSPS) is 18.0. The number of rotatable bonds is 8. The minimum Gasteiger partial charge on any atom is -0.493 e. The highest BCUT2D eigenvalue weighted by Gasteiger charge is 2.36. The summed E-state index contributed by atoms with van der Waals surface area (Å²) in [5, 5.41) is 8.75. The van der Waals surface area contributed by atoms with Crippen LogP contribution in [0.5, 0.6) is 11.5 Å². The average Bonchev–Trinajstić information content (AvgIpc) is 2.93. The molecule has 188 valence electrons. The van der Waals surface area contributed by atoms with Gasteiger partial charge >= 0.3 is 11.3 Å². The van der Waals surface area contributed by atoms with Crippen molar-refractivity contribution in [2.24, 2.45) is 10.1 Å². The molecule has 10 heteroatoms. The second-order valence-corrected chi connectivity index (χ2v) is 9.11. The van der Waals surface area contributed by atoms with Crippen LogP contribution in [0.1, 0.15) is 37.6 Å². The molecule has 0 saturated heterocycles. The van der Waals surface area contributed by atoms with Gasteiger partial charge in [0, 0.05) is 24.2 Å². The Balaban J connectivity index is 1.73. The predicted molar refractivity (Wildman–Crippen MR) is 142 cm³/mol. The summed E-state index contributed by atoms with van der Waals surface area (Å²) in [6, 6.07) is 14.6. The Morgan fingerprint density at radius 1 is 1.19 bits per heavy atom. The van der Waals surface area contributed by atoms with Crippen molar-refractivity contribution in [3.05, 3.63) is 72.1 Å². The van der Waals surface area contributed by atoms with Crippen LogP contribution < -0.4 is 14.8 Å². The predicted octanol–water partition coefficient (Wildman–Crippen LogP) is 5.01. The van der Waals surface area contributed by atoms with Gasteiger partial charge in [0.15, 0.2) is 17.7 Å². The van der Waals surface area contributed by atoms with Crippen LogP contribution in [-0.2, 0) is 0 Å². The lowest BCUT2D eigenvalue weighted by Crippen LogP contribution is -2.48. The maximum atomic E-state index is 13.3. The number of methoxy groups -OCH3 is 1. The summed E-state index contributed by atoms with van der Waals surface area (Å²) in [7, 11) is 1.59. The van der Waals surface area contributed by atoms with E-state index in [0.29, 0.717) is 31.1 Å². The first-order valence-electron chi connectivity index (χ1n) is 11.8. The van der Waals surface area contributed by atoms with Gasteiger partial charge in [0.05, 0.1) is 31.2 Å². The molecule has 0 aromatic heterocycles. The van der Waals surface area contributed by atoms with Crippen molar-refractivity contribution in [2.45, 2.75) is 31.7 Å². The van der Waals surface area contributed by atoms with Crippen molar-refractivity contribution in [1.82, 2.24) is 15.2 Å². The van der Waals surface area contributed by atoms with E-state index in [0.717, 1.165) is 16.8 Å². The lowest BCUT2D eigenvalue weighted by atomic mass is 10.0. The van der Waals surface area contributed by atoms with Gasteiger partial charge in [-0.3, -0.25) is 14.7 Å². The van der Waals surface area contributed by atoms with E-state index in [1.54, 1.807) is 25.7 Å². The lowest BCUT2D eigenvalue weighted by Gasteiger charge is -2.35. The zero-order valence-corrected chi connectivity index (χ0v) is 21.3. The summed E-state index contributed by atoms with van der Waals surface area (Å²) in [5.74, 6) is 1.23. The third-order valence-electron chi connectivity index (χ3n) is 5.68. The van der Waals surface area contributed by atoms with Crippen LogP contribution in [0.4, 0.5) is 9.59 Å². The Bertz CT molecular complexity index is 1180. The zero-order chi connectivity index (χ0) is 25.5. The van der Waals surface area contributed by atoms with Crippen molar-refractivity contribution in [2.75, 3.05) is 20.3 Å². The van der Waals surface area contributed by atoms with E-state index in [2.05, 4.69) is 10.3 Å². The number of benzene rings is 2. The first-order valence-corrected chi connectivity index (χ1v) is 12.6. The van der Waals surface area contributed by atoms with Gasteiger partial charge in [-0.05, 0) is 37.1 Å². The highest BCUT2D eigenvalue weighted by Crippen LogP contribution is 2.36. The molecule has 0 radical (unpaired) electrons. The van der Waals surface area contributed by atoms with E-state index in [1.807, 2.05) is 62.4 Å². The number of carbonyl (C=O) groups is 2. The standard InChI is InChI=1S/C26H29N5O4S/c1-4-22-23(19-11-12-20(35-5-2)21(17-19)34-3)29-31(26(33)36-22)24(18-9-7-6-8-10-18)28-25(32)30-15-13-27-14-16-30/h6-15,17,22,24H,4-5,16H2,1-3H3,(H,28,32). The molecular formula is C26H29N5O4S. The third kappa shape index (κ3) is 5.54. The van der Waals surface area contributed by atoms with E-state index in [-0.39, 0.29) is 16.5 Å². The maximum absolute atomic E-state index is 13.3. The minimum absolute atomic E-state index is 0.148. The van der Waals surface area contributed by atoms with Crippen molar-refractivity contribution >= 4 is 35.0 Å². The number of nitrogens with one attached hydrogen (secondary N) is 1. The average molecular weight is 508 g/mol.